The molecule has 0 saturated heterocycles. The molecule has 0 N–H and O–H groups in total. The van der Waals surface area contributed by atoms with Crippen molar-refractivity contribution >= 4 is 11.6 Å². The lowest BCUT2D eigenvalue weighted by Gasteiger charge is -2.35. The third-order valence-electron chi connectivity index (χ3n) is 4.37. The van der Waals surface area contributed by atoms with Gasteiger partial charge in [0.1, 0.15) is 0 Å². The normalized spacial score (nSPS) is 15.9. The van der Waals surface area contributed by atoms with Crippen molar-refractivity contribution in [3.05, 3.63) is 36.8 Å². The second-order valence-electron chi connectivity index (χ2n) is 6.04. The first kappa shape index (κ1) is 16.1. The van der Waals surface area contributed by atoms with Crippen molar-refractivity contribution in [1.29, 1.82) is 0 Å². The molecule has 1 aromatic rings. The summed E-state index contributed by atoms with van der Waals surface area (Å²) in [6, 6.07) is 8.78. The number of anilines is 1. The summed E-state index contributed by atoms with van der Waals surface area (Å²) < 4.78 is 0. The van der Waals surface area contributed by atoms with Crippen molar-refractivity contribution in [3.8, 4) is 0 Å². The van der Waals surface area contributed by atoms with Crippen LogP contribution < -0.4 is 4.90 Å². The minimum Gasteiger partial charge on any atom is -0.309 e. The largest absolute Gasteiger partial charge is 0.309 e. The zero-order valence-corrected chi connectivity index (χ0v) is 13.3. The van der Waals surface area contributed by atoms with Gasteiger partial charge in [-0.3, -0.25) is 4.79 Å². The SMILES string of the molecule is [CH2]CCc1ccccc1N(C(=O)CCC)C1CCCCC1. The molecule has 21 heavy (non-hydrogen) atoms. The molecule has 0 bridgehead atoms. The molecule has 0 unspecified atom stereocenters. The van der Waals surface area contributed by atoms with E-state index in [4.69, 9.17) is 0 Å². The molecule has 0 heterocycles. The van der Waals surface area contributed by atoms with Gasteiger partial charge in [0.25, 0.3) is 0 Å². The summed E-state index contributed by atoms with van der Waals surface area (Å²) in [5, 5.41) is 0. The van der Waals surface area contributed by atoms with Gasteiger partial charge in [0, 0.05) is 18.2 Å². The Morgan fingerprint density at radius 3 is 2.62 bits per heavy atom. The van der Waals surface area contributed by atoms with Gasteiger partial charge in [-0.05, 0) is 43.7 Å². The number of rotatable bonds is 6. The average molecular weight is 286 g/mol. The number of nitrogens with zero attached hydrogens (tertiary/aromatic N) is 1. The second-order valence-corrected chi connectivity index (χ2v) is 6.04. The first-order chi connectivity index (χ1) is 10.3. The van der Waals surface area contributed by atoms with Crippen LogP contribution in [0.2, 0.25) is 0 Å². The summed E-state index contributed by atoms with van der Waals surface area (Å²) in [5.74, 6) is 0.293. The zero-order valence-electron chi connectivity index (χ0n) is 13.3. The number of amides is 1. The highest BCUT2D eigenvalue weighted by molar-refractivity contribution is 5.94. The second kappa shape index (κ2) is 8.21. The molecule has 1 amide bonds. The van der Waals surface area contributed by atoms with E-state index in [1.165, 1.54) is 24.8 Å². The molecular formula is C19H28NO. The van der Waals surface area contributed by atoms with Crippen molar-refractivity contribution < 1.29 is 4.79 Å². The van der Waals surface area contributed by atoms with E-state index >= 15 is 0 Å². The van der Waals surface area contributed by atoms with Crippen LogP contribution in [-0.4, -0.2) is 11.9 Å². The molecule has 2 heteroatoms. The van der Waals surface area contributed by atoms with Crippen LogP contribution in [0.4, 0.5) is 5.69 Å². The minimum atomic E-state index is 0.293. The molecule has 1 saturated carbocycles. The average Bonchev–Trinajstić information content (AvgIpc) is 2.51. The summed E-state index contributed by atoms with van der Waals surface area (Å²) in [6.07, 6.45) is 9.48. The van der Waals surface area contributed by atoms with Gasteiger partial charge in [-0.2, -0.15) is 0 Å². The van der Waals surface area contributed by atoms with E-state index in [0.29, 0.717) is 18.4 Å². The Morgan fingerprint density at radius 1 is 1.24 bits per heavy atom. The minimum absolute atomic E-state index is 0.293. The topological polar surface area (TPSA) is 20.3 Å². The lowest BCUT2D eigenvalue weighted by atomic mass is 9.92. The Labute approximate surface area is 129 Å². The third kappa shape index (κ3) is 4.09. The Balaban J connectivity index is 2.31. The van der Waals surface area contributed by atoms with E-state index in [-0.39, 0.29) is 0 Å². The summed E-state index contributed by atoms with van der Waals surface area (Å²) in [7, 11) is 0. The van der Waals surface area contributed by atoms with Crippen molar-refractivity contribution in [3.63, 3.8) is 0 Å². The van der Waals surface area contributed by atoms with E-state index in [1.807, 2.05) is 0 Å². The summed E-state index contributed by atoms with van der Waals surface area (Å²) in [4.78, 5) is 14.8. The van der Waals surface area contributed by atoms with Crippen LogP contribution in [0.1, 0.15) is 63.9 Å². The molecule has 1 fully saturated rings. The number of carbonyl (C=O) groups is 1. The Kier molecular flexibility index (Phi) is 6.28. The summed E-state index contributed by atoms with van der Waals surface area (Å²) in [5.41, 5.74) is 2.40. The molecule has 0 aliphatic heterocycles. The van der Waals surface area contributed by atoms with Crippen molar-refractivity contribution in [2.75, 3.05) is 4.90 Å². The smallest absolute Gasteiger partial charge is 0.227 e. The first-order valence-corrected chi connectivity index (χ1v) is 8.47. The van der Waals surface area contributed by atoms with Crippen LogP contribution >= 0.6 is 0 Å². The van der Waals surface area contributed by atoms with Gasteiger partial charge < -0.3 is 4.90 Å². The van der Waals surface area contributed by atoms with E-state index in [1.54, 1.807) is 0 Å². The Hall–Kier alpha value is -1.31. The van der Waals surface area contributed by atoms with E-state index in [0.717, 1.165) is 37.8 Å². The molecule has 2 rings (SSSR count). The molecule has 2 nitrogen and oxygen atoms in total. The number of carbonyl (C=O) groups excluding carboxylic acids is 1. The van der Waals surface area contributed by atoms with E-state index in [2.05, 4.69) is 43.0 Å². The molecular weight excluding hydrogens is 258 g/mol. The lowest BCUT2D eigenvalue weighted by Crippen LogP contribution is -2.42. The van der Waals surface area contributed by atoms with Gasteiger partial charge in [0.15, 0.2) is 0 Å². The highest BCUT2D eigenvalue weighted by Gasteiger charge is 2.27. The number of aryl methyl sites for hydroxylation is 1. The Morgan fingerprint density at radius 2 is 1.95 bits per heavy atom. The maximum atomic E-state index is 12.7. The van der Waals surface area contributed by atoms with Crippen molar-refractivity contribution in [2.45, 2.75) is 70.8 Å². The van der Waals surface area contributed by atoms with Crippen LogP contribution in [0.15, 0.2) is 24.3 Å². The molecule has 0 spiro atoms. The highest BCUT2D eigenvalue weighted by atomic mass is 16.2. The van der Waals surface area contributed by atoms with Crippen LogP contribution in [0.25, 0.3) is 0 Å². The maximum absolute atomic E-state index is 12.7. The van der Waals surface area contributed by atoms with Gasteiger partial charge in [0.2, 0.25) is 5.91 Å². The van der Waals surface area contributed by atoms with Gasteiger partial charge >= 0.3 is 0 Å². The predicted molar refractivity (Wildman–Crippen MR) is 89.4 cm³/mol. The third-order valence-corrected chi connectivity index (χ3v) is 4.37. The van der Waals surface area contributed by atoms with Crippen molar-refractivity contribution in [2.24, 2.45) is 0 Å². The quantitative estimate of drug-likeness (QED) is 0.727. The lowest BCUT2D eigenvalue weighted by molar-refractivity contribution is -0.119. The standard InChI is InChI=1S/C19H28NO/c1-3-10-16-12-8-9-15-18(16)20(19(21)11-4-2)17-13-6-5-7-14-17/h8-9,12,15,17H,1,3-7,10-11,13-14H2,2H3. The fourth-order valence-electron chi connectivity index (χ4n) is 3.36. The van der Waals surface area contributed by atoms with Crippen LogP contribution in [0.3, 0.4) is 0 Å². The van der Waals surface area contributed by atoms with E-state index < -0.39 is 0 Å². The molecule has 0 aromatic heterocycles. The first-order valence-electron chi connectivity index (χ1n) is 8.47. The van der Waals surface area contributed by atoms with Crippen LogP contribution in [0.5, 0.6) is 0 Å². The fourth-order valence-corrected chi connectivity index (χ4v) is 3.36. The van der Waals surface area contributed by atoms with Gasteiger partial charge in [-0.15, -0.1) is 0 Å². The number of hydrogen-bond acceptors (Lipinski definition) is 1. The fraction of sp³-hybridized carbons (Fsp3) is 0.579. The summed E-state index contributed by atoms with van der Waals surface area (Å²) >= 11 is 0. The summed E-state index contributed by atoms with van der Waals surface area (Å²) in [6.45, 7) is 6.05. The molecule has 0 atom stereocenters. The molecule has 1 radical (unpaired) electrons. The van der Waals surface area contributed by atoms with Gasteiger partial charge in [-0.1, -0.05) is 51.3 Å². The van der Waals surface area contributed by atoms with Gasteiger partial charge in [0.05, 0.1) is 0 Å². The predicted octanol–water partition coefficient (Wildman–Crippen LogP) is 4.92. The molecule has 1 aliphatic carbocycles. The Bertz CT molecular complexity index is 449. The van der Waals surface area contributed by atoms with Crippen molar-refractivity contribution in [1.82, 2.24) is 0 Å². The monoisotopic (exact) mass is 286 g/mol. The number of hydrogen-bond donors (Lipinski definition) is 0. The van der Waals surface area contributed by atoms with Crippen LogP contribution in [-0.2, 0) is 11.2 Å². The number of para-hydroxylation sites is 1. The molecule has 1 aromatic carbocycles. The van der Waals surface area contributed by atoms with Crippen LogP contribution in [0, 0.1) is 6.92 Å². The van der Waals surface area contributed by atoms with Gasteiger partial charge in [-0.25, -0.2) is 0 Å². The molecule has 115 valence electrons. The van der Waals surface area contributed by atoms with E-state index in [9.17, 15) is 4.79 Å². The zero-order chi connectivity index (χ0) is 15.1. The maximum Gasteiger partial charge on any atom is 0.227 e. The highest BCUT2D eigenvalue weighted by Crippen LogP contribution is 2.31. The molecule has 1 aliphatic rings. The number of benzene rings is 1.